The molecule has 110 valence electrons. The fourth-order valence-electron chi connectivity index (χ4n) is 2.29. The van der Waals surface area contributed by atoms with Crippen LogP contribution in [0, 0.1) is 0 Å². The molecule has 21 heavy (non-hydrogen) atoms. The standard InChI is InChI=1S/C14H14N2O5/c1-2-9-12(17)15-14(19)16(13(9)18)6-8-3-4-10-11(5-8)21-7-20-10/h3-5,18H,2,6-7H2,1H3,(H,15,17,19). The van der Waals surface area contributed by atoms with Gasteiger partial charge in [-0.05, 0) is 24.1 Å². The highest BCUT2D eigenvalue weighted by atomic mass is 16.7. The smallest absolute Gasteiger partial charge is 0.331 e. The molecule has 2 N–H and O–H groups in total. The van der Waals surface area contributed by atoms with E-state index in [0.717, 1.165) is 10.1 Å². The van der Waals surface area contributed by atoms with E-state index >= 15 is 0 Å². The van der Waals surface area contributed by atoms with Gasteiger partial charge in [-0.25, -0.2) is 4.79 Å². The summed E-state index contributed by atoms with van der Waals surface area (Å²) in [4.78, 5) is 25.7. The molecule has 1 aromatic heterocycles. The second-order valence-electron chi connectivity index (χ2n) is 4.69. The lowest BCUT2D eigenvalue weighted by atomic mass is 10.2. The molecule has 1 aliphatic heterocycles. The van der Waals surface area contributed by atoms with Gasteiger partial charge in [0.2, 0.25) is 12.7 Å². The van der Waals surface area contributed by atoms with Crippen LogP contribution in [-0.2, 0) is 13.0 Å². The summed E-state index contributed by atoms with van der Waals surface area (Å²) in [5, 5.41) is 10.1. The number of rotatable bonds is 3. The van der Waals surface area contributed by atoms with E-state index in [1.54, 1.807) is 25.1 Å². The minimum atomic E-state index is -0.646. The molecule has 0 spiro atoms. The monoisotopic (exact) mass is 290 g/mol. The Kier molecular flexibility index (Phi) is 3.17. The van der Waals surface area contributed by atoms with Crippen LogP contribution >= 0.6 is 0 Å². The first kappa shape index (κ1) is 13.3. The zero-order chi connectivity index (χ0) is 15.0. The van der Waals surface area contributed by atoms with Crippen LogP contribution in [0.4, 0.5) is 0 Å². The van der Waals surface area contributed by atoms with E-state index in [9.17, 15) is 14.7 Å². The molecule has 0 bridgehead atoms. The predicted octanol–water partition coefficient (Wildman–Crippen LogP) is 0.582. The lowest BCUT2D eigenvalue weighted by molar-refractivity contribution is 0.174. The third kappa shape index (κ3) is 2.26. The summed E-state index contributed by atoms with van der Waals surface area (Å²) in [5.74, 6) is 0.940. The highest BCUT2D eigenvalue weighted by molar-refractivity contribution is 5.44. The Morgan fingerprint density at radius 2 is 2.05 bits per heavy atom. The lowest BCUT2D eigenvalue weighted by Gasteiger charge is -2.11. The van der Waals surface area contributed by atoms with Crippen LogP contribution in [0.15, 0.2) is 27.8 Å². The van der Waals surface area contributed by atoms with E-state index in [2.05, 4.69) is 4.98 Å². The van der Waals surface area contributed by atoms with Crippen LogP contribution in [0.1, 0.15) is 18.1 Å². The number of hydrogen-bond acceptors (Lipinski definition) is 5. The number of aromatic amines is 1. The maximum atomic E-state index is 11.9. The largest absolute Gasteiger partial charge is 0.494 e. The van der Waals surface area contributed by atoms with Gasteiger partial charge in [0.15, 0.2) is 11.5 Å². The van der Waals surface area contributed by atoms with Crippen LogP contribution in [-0.4, -0.2) is 21.5 Å². The van der Waals surface area contributed by atoms with E-state index in [1.165, 1.54) is 0 Å². The maximum absolute atomic E-state index is 11.9. The maximum Gasteiger partial charge on any atom is 0.331 e. The third-order valence-corrected chi connectivity index (χ3v) is 3.40. The number of fused-ring (bicyclic) bond motifs is 1. The fraction of sp³-hybridized carbons (Fsp3) is 0.286. The molecule has 1 aromatic carbocycles. The van der Waals surface area contributed by atoms with Crippen LogP contribution in [0.5, 0.6) is 17.4 Å². The predicted molar refractivity (Wildman–Crippen MR) is 74.0 cm³/mol. The van der Waals surface area contributed by atoms with Gasteiger partial charge in [-0.2, -0.15) is 0 Å². The molecule has 3 rings (SSSR count). The average molecular weight is 290 g/mol. The van der Waals surface area contributed by atoms with E-state index in [1.807, 2.05) is 0 Å². The number of hydrogen-bond donors (Lipinski definition) is 2. The van der Waals surface area contributed by atoms with Crippen molar-refractivity contribution in [1.29, 1.82) is 0 Å². The lowest BCUT2D eigenvalue weighted by Crippen LogP contribution is -2.32. The Labute approximate surface area is 119 Å². The molecule has 0 radical (unpaired) electrons. The topological polar surface area (TPSA) is 93.6 Å². The molecule has 0 atom stereocenters. The highest BCUT2D eigenvalue weighted by Gasteiger charge is 2.16. The number of nitrogens with one attached hydrogen (secondary N) is 1. The van der Waals surface area contributed by atoms with E-state index < -0.39 is 11.2 Å². The summed E-state index contributed by atoms with van der Waals surface area (Å²) in [6.45, 7) is 2.04. The third-order valence-electron chi connectivity index (χ3n) is 3.40. The first-order valence-corrected chi connectivity index (χ1v) is 6.53. The summed E-state index contributed by atoms with van der Waals surface area (Å²) in [7, 11) is 0. The molecule has 7 nitrogen and oxygen atoms in total. The highest BCUT2D eigenvalue weighted by Crippen LogP contribution is 2.32. The molecule has 2 heterocycles. The van der Waals surface area contributed by atoms with Crippen LogP contribution in [0.2, 0.25) is 0 Å². The van der Waals surface area contributed by atoms with Gasteiger partial charge in [-0.15, -0.1) is 0 Å². The van der Waals surface area contributed by atoms with Gasteiger partial charge in [0.05, 0.1) is 12.1 Å². The molecular weight excluding hydrogens is 276 g/mol. The molecular formula is C14H14N2O5. The Morgan fingerprint density at radius 1 is 1.29 bits per heavy atom. The second-order valence-corrected chi connectivity index (χ2v) is 4.69. The number of ether oxygens (including phenoxy) is 2. The van der Waals surface area contributed by atoms with Gasteiger partial charge in [-0.1, -0.05) is 13.0 Å². The van der Waals surface area contributed by atoms with Crippen LogP contribution in [0.3, 0.4) is 0 Å². The average Bonchev–Trinajstić information content (AvgIpc) is 2.91. The van der Waals surface area contributed by atoms with Gasteiger partial charge in [0, 0.05) is 0 Å². The Morgan fingerprint density at radius 3 is 2.81 bits per heavy atom. The SMILES string of the molecule is CCc1c(O)n(Cc2ccc3c(c2)OCO3)c(=O)[nH]c1=O. The zero-order valence-corrected chi connectivity index (χ0v) is 11.4. The van der Waals surface area contributed by atoms with Gasteiger partial charge in [0.25, 0.3) is 5.56 Å². The summed E-state index contributed by atoms with van der Waals surface area (Å²) in [5.41, 5.74) is -0.254. The van der Waals surface area contributed by atoms with Crippen molar-refractivity contribution in [3.63, 3.8) is 0 Å². The van der Waals surface area contributed by atoms with Crippen molar-refractivity contribution < 1.29 is 14.6 Å². The summed E-state index contributed by atoms with van der Waals surface area (Å²) in [6.07, 6.45) is 0.336. The minimum Gasteiger partial charge on any atom is -0.494 e. The van der Waals surface area contributed by atoms with E-state index in [4.69, 9.17) is 9.47 Å². The number of H-pyrrole nitrogens is 1. The summed E-state index contributed by atoms with van der Waals surface area (Å²) < 4.78 is 11.6. The molecule has 7 heteroatoms. The Balaban J connectivity index is 2.02. The molecule has 2 aromatic rings. The first-order chi connectivity index (χ1) is 10.1. The van der Waals surface area contributed by atoms with Crippen molar-refractivity contribution in [3.8, 4) is 17.4 Å². The van der Waals surface area contributed by atoms with Gasteiger partial charge in [-0.3, -0.25) is 14.3 Å². The van der Waals surface area contributed by atoms with Gasteiger partial charge in [0.1, 0.15) is 0 Å². The quantitative estimate of drug-likeness (QED) is 0.862. The minimum absolute atomic E-state index is 0.130. The molecule has 0 unspecified atom stereocenters. The van der Waals surface area contributed by atoms with Gasteiger partial charge >= 0.3 is 5.69 Å². The summed E-state index contributed by atoms with van der Waals surface area (Å²) in [6, 6.07) is 5.26. The molecule has 0 saturated heterocycles. The van der Waals surface area contributed by atoms with Crippen molar-refractivity contribution in [2.45, 2.75) is 19.9 Å². The first-order valence-electron chi connectivity index (χ1n) is 6.53. The number of aromatic nitrogens is 2. The Hall–Kier alpha value is -2.70. The fourth-order valence-corrected chi connectivity index (χ4v) is 2.29. The molecule has 1 aliphatic rings. The molecule has 0 fully saturated rings. The number of aromatic hydroxyl groups is 1. The normalized spacial score (nSPS) is 12.6. The summed E-state index contributed by atoms with van der Waals surface area (Å²) >= 11 is 0. The van der Waals surface area contributed by atoms with E-state index in [-0.39, 0.29) is 24.8 Å². The van der Waals surface area contributed by atoms with Crippen molar-refractivity contribution in [2.24, 2.45) is 0 Å². The van der Waals surface area contributed by atoms with Crippen molar-refractivity contribution in [3.05, 3.63) is 50.2 Å². The van der Waals surface area contributed by atoms with Gasteiger partial charge < -0.3 is 14.6 Å². The Bertz CT molecular complexity index is 806. The van der Waals surface area contributed by atoms with Crippen LogP contribution in [0.25, 0.3) is 0 Å². The van der Waals surface area contributed by atoms with E-state index in [0.29, 0.717) is 17.9 Å². The zero-order valence-electron chi connectivity index (χ0n) is 11.4. The van der Waals surface area contributed by atoms with Crippen molar-refractivity contribution >= 4 is 0 Å². The van der Waals surface area contributed by atoms with Crippen LogP contribution < -0.4 is 20.7 Å². The second kappa shape index (κ2) is 5.01. The van der Waals surface area contributed by atoms with Crippen molar-refractivity contribution in [2.75, 3.05) is 6.79 Å². The number of benzene rings is 1. The molecule has 0 aliphatic carbocycles. The number of nitrogens with zero attached hydrogens (tertiary/aromatic N) is 1. The van der Waals surface area contributed by atoms with Crippen molar-refractivity contribution in [1.82, 2.24) is 9.55 Å². The molecule has 0 amide bonds. The molecule has 0 saturated carbocycles.